The molecular formula is C38H35NO. The van der Waals surface area contributed by atoms with Crippen LogP contribution in [-0.4, -0.2) is 17.9 Å². The summed E-state index contributed by atoms with van der Waals surface area (Å²) in [5.41, 5.74) is 9.78. The lowest BCUT2D eigenvalue weighted by Crippen LogP contribution is -2.63. The van der Waals surface area contributed by atoms with Crippen molar-refractivity contribution in [2.45, 2.75) is 44.6 Å². The molecule has 3 aliphatic rings. The van der Waals surface area contributed by atoms with Gasteiger partial charge in [0.2, 0.25) is 0 Å². The van der Waals surface area contributed by atoms with Crippen molar-refractivity contribution >= 4 is 22.6 Å². The van der Waals surface area contributed by atoms with Gasteiger partial charge in [0.05, 0.1) is 11.5 Å². The van der Waals surface area contributed by atoms with Crippen LogP contribution in [0, 0.1) is 12.8 Å². The monoisotopic (exact) mass is 521 g/mol. The van der Waals surface area contributed by atoms with Crippen LogP contribution < -0.4 is 4.90 Å². The van der Waals surface area contributed by atoms with Gasteiger partial charge in [-0.25, -0.2) is 0 Å². The molecule has 1 aliphatic carbocycles. The molecule has 0 saturated heterocycles. The van der Waals surface area contributed by atoms with Gasteiger partial charge in [-0.3, -0.25) is 4.79 Å². The number of hydrogen-bond acceptors (Lipinski definition) is 2. The Kier molecular flexibility index (Phi) is 5.71. The molecule has 40 heavy (non-hydrogen) atoms. The second kappa shape index (κ2) is 9.20. The van der Waals surface area contributed by atoms with Gasteiger partial charge in [-0.05, 0) is 65.3 Å². The minimum atomic E-state index is -0.571. The van der Waals surface area contributed by atoms with Crippen LogP contribution in [0.5, 0.6) is 0 Å². The first-order valence-corrected chi connectivity index (χ1v) is 14.5. The van der Waals surface area contributed by atoms with E-state index >= 15 is 0 Å². The molecule has 2 nitrogen and oxygen atoms in total. The van der Waals surface area contributed by atoms with Crippen molar-refractivity contribution in [3.63, 3.8) is 0 Å². The van der Waals surface area contributed by atoms with E-state index < -0.39 is 5.54 Å². The molecule has 0 aromatic heterocycles. The predicted molar refractivity (Wildman–Crippen MR) is 166 cm³/mol. The Bertz CT molecular complexity index is 1660. The third kappa shape index (κ3) is 3.52. The van der Waals surface area contributed by atoms with Crippen LogP contribution in [0.1, 0.15) is 58.4 Å². The fourth-order valence-electron chi connectivity index (χ4n) is 7.61. The van der Waals surface area contributed by atoms with Crippen molar-refractivity contribution in [2.24, 2.45) is 5.92 Å². The summed E-state index contributed by atoms with van der Waals surface area (Å²) < 4.78 is 0. The Balaban J connectivity index is 1.57. The molecule has 2 heteroatoms. The van der Waals surface area contributed by atoms with Gasteiger partial charge in [0, 0.05) is 23.2 Å². The highest BCUT2D eigenvalue weighted by Gasteiger charge is 2.63. The van der Waals surface area contributed by atoms with Crippen molar-refractivity contribution in [3.8, 4) is 0 Å². The number of Topliss-reactive ketones (excluding diaryl/α,β-unsaturated/α-hetero) is 1. The third-order valence-electron chi connectivity index (χ3n) is 9.59. The standard InChI is InChI=1S/C38H35NO/c1-26-19-21-28(22-20-26)32-24-31(27-12-6-4-7-13-27)25-38(34(32)36(40)30-14-8-5-9-15-30)37(2,3)33-18-10-16-29-17-11-23-39(38)35(29)33/h4-10,12-16,18-22,24-25,34H,11,17,23H2,1-3H3/t34-,38-/m0/s1. The number of rotatable bonds is 4. The van der Waals surface area contributed by atoms with Gasteiger partial charge in [0.15, 0.2) is 5.78 Å². The summed E-state index contributed by atoms with van der Waals surface area (Å²) in [6.07, 6.45) is 6.92. The number of fused-ring (bicyclic) bond motifs is 1. The molecule has 0 amide bonds. The Morgan fingerprint density at radius 1 is 0.800 bits per heavy atom. The average Bonchev–Trinajstić information content (AvgIpc) is 3.18. The largest absolute Gasteiger partial charge is 0.360 e. The number of allylic oxidation sites excluding steroid dienone is 2. The third-order valence-corrected chi connectivity index (χ3v) is 9.59. The minimum absolute atomic E-state index is 0.184. The maximum atomic E-state index is 15.0. The maximum absolute atomic E-state index is 15.0. The molecule has 0 fully saturated rings. The Hall–Kier alpha value is -4.17. The van der Waals surface area contributed by atoms with Gasteiger partial charge in [-0.2, -0.15) is 0 Å². The zero-order chi connectivity index (χ0) is 27.5. The molecule has 0 unspecified atom stereocenters. The minimum Gasteiger partial charge on any atom is -0.360 e. The Labute approximate surface area is 237 Å². The summed E-state index contributed by atoms with van der Waals surface area (Å²) in [5, 5.41) is 0. The molecule has 1 spiro atoms. The normalized spacial score (nSPS) is 22.5. The zero-order valence-corrected chi connectivity index (χ0v) is 23.5. The van der Waals surface area contributed by atoms with Gasteiger partial charge in [-0.15, -0.1) is 0 Å². The van der Waals surface area contributed by atoms with Crippen LogP contribution in [0.2, 0.25) is 0 Å². The number of hydrogen-bond donors (Lipinski definition) is 0. The first-order chi connectivity index (χ1) is 19.4. The van der Waals surface area contributed by atoms with E-state index in [4.69, 9.17) is 0 Å². The van der Waals surface area contributed by atoms with E-state index in [1.807, 2.05) is 30.3 Å². The molecule has 4 aromatic rings. The summed E-state index contributed by atoms with van der Waals surface area (Å²) >= 11 is 0. The molecule has 2 aliphatic heterocycles. The highest BCUT2D eigenvalue weighted by atomic mass is 16.1. The summed E-state index contributed by atoms with van der Waals surface area (Å²) in [4.78, 5) is 17.6. The highest BCUT2D eigenvalue weighted by Crippen LogP contribution is 2.62. The average molecular weight is 522 g/mol. The molecule has 0 N–H and O–H groups in total. The summed E-state index contributed by atoms with van der Waals surface area (Å²) in [6.45, 7) is 7.78. The van der Waals surface area contributed by atoms with Gasteiger partial charge in [-0.1, -0.05) is 123 Å². The summed E-state index contributed by atoms with van der Waals surface area (Å²) in [6, 6.07) is 36.1. The first kappa shape index (κ1) is 24.8. The number of aryl methyl sites for hydroxylation is 2. The van der Waals surface area contributed by atoms with Crippen LogP contribution in [0.15, 0.2) is 115 Å². The fourth-order valence-corrected chi connectivity index (χ4v) is 7.61. The number of carbonyl (C=O) groups is 1. The predicted octanol–water partition coefficient (Wildman–Crippen LogP) is 8.46. The van der Waals surface area contributed by atoms with E-state index in [-0.39, 0.29) is 17.1 Å². The lowest BCUT2D eigenvalue weighted by atomic mass is 9.57. The number of carbonyl (C=O) groups excluding carboxylic acids is 1. The first-order valence-electron chi connectivity index (χ1n) is 14.5. The lowest BCUT2D eigenvalue weighted by Gasteiger charge is -2.54. The van der Waals surface area contributed by atoms with Crippen molar-refractivity contribution < 1.29 is 4.79 Å². The maximum Gasteiger partial charge on any atom is 0.173 e. The van der Waals surface area contributed by atoms with Crippen LogP contribution in [0.4, 0.5) is 5.69 Å². The molecule has 2 atom stereocenters. The molecule has 0 bridgehead atoms. The smallest absolute Gasteiger partial charge is 0.173 e. The van der Waals surface area contributed by atoms with Gasteiger partial charge in [0.25, 0.3) is 0 Å². The topological polar surface area (TPSA) is 20.3 Å². The Morgan fingerprint density at radius 3 is 2.23 bits per heavy atom. The number of nitrogens with zero attached hydrogens (tertiary/aromatic N) is 1. The Morgan fingerprint density at radius 2 is 1.50 bits per heavy atom. The van der Waals surface area contributed by atoms with E-state index in [1.54, 1.807) is 0 Å². The molecule has 2 heterocycles. The van der Waals surface area contributed by atoms with E-state index in [9.17, 15) is 4.79 Å². The second-order valence-corrected chi connectivity index (χ2v) is 12.1. The van der Waals surface area contributed by atoms with E-state index in [0.717, 1.165) is 36.1 Å². The van der Waals surface area contributed by atoms with E-state index in [1.165, 1.54) is 33.5 Å². The van der Waals surface area contributed by atoms with Crippen molar-refractivity contribution in [1.29, 1.82) is 0 Å². The number of benzene rings is 4. The van der Waals surface area contributed by atoms with Crippen LogP contribution in [0.25, 0.3) is 11.1 Å². The number of anilines is 1. The second-order valence-electron chi connectivity index (χ2n) is 12.1. The van der Waals surface area contributed by atoms with E-state index in [0.29, 0.717) is 0 Å². The molecular weight excluding hydrogens is 486 g/mol. The van der Waals surface area contributed by atoms with Gasteiger partial charge < -0.3 is 4.90 Å². The lowest BCUT2D eigenvalue weighted by molar-refractivity contribution is 0.0882. The zero-order valence-electron chi connectivity index (χ0n) is 23.5. The SMILES string of the molecule is Cc1ccc(C2=CC(c3ccccc3)=C[C@@]3([C@@H]2C(=O)c2ccccc2)N2CCCc4cccc(c42)C3(C)C)cc1. The molecule has 0 radical (unpaired) electrons. The van der Waals surface area contributed by atoms with Crippen LogP contribution in [-0.2, 0) is 11.8 Å². The van der Waals surface area contributed by atoms with Crippen molar-refractivity contribution in [1.82, 2.24) is 0 Å². The number of para-hydroxylation sites is 1. The highest BCUT2D eigenvalue weighted by molar-refractivity contribution is 6.10. The molecule has 7 rings (SSSR count). The van der Waals surface area contributed by atoms with Crippen LogP contribution in [0.3, 0.4) is 0 Å². The van der Waals surface area contributed by atoms with Gasteiger partial charge in [0.1, 0.15) is 0 Å². The van der Waals surface area contributed by atoms with Gasteiger partial charge >= 0.3 is 0 Å². The molecule has 4 aromatic carbocycles. The summed E-state index contributed by atoms with van der Waals surface area (Å²) in [7, 11) is 0. The van der Waals surface area contributed by atoms with Crippen molar-refractivity contribution in [3.05, 3.63) is 149 Å². The van der Waals surface area contributed by atoms with E-state index in [2.05, 4.69) is 111 Å². The van der Waals surface area contributed by atoms with Crippen molar-refractivity contribution in [2.75, 3.05) is 11.4 Å². The van der Waals surface area contributed by atoms with Crippen LogP contribution >= 0.6 is 0 Å². The quantitative estimate of drug-likeness (QED) is 0.251. The molecule has 198 valence electrons. The summed E-state index contributed by atoms with van der Waals surface area (Å²) in [5.74, 6) is -0.192. The molecule has 0 saturated carbocycles. The number of ketones is 1. The fraction of sp³-hybridized carbons (Fsp3) is 0.237.